The summed E-state index contributed by atoms with van der Waals surface area (Å²) in [7, 11) is 0. The van der Waals surface area contributed by atoms with Crippen molar-refractivity contribution in [2.24, 2.45) is 22.2 Å². The van der Waals surface area contributed by atoms with E-state index in [0.717, 1.165) is 6.42 Å². The number of amides is 1. The Bertz CT molecular complexity index is 315. The van der Waals surface area contributed by atoms with Crippen LogP contribution >= 0.6 is 0 Å². The number of hydrogen-bond donors (Lipinski definition) is 3. The van der Waals surface area contributed by atoms with Gasteiger partial charge >= 0.3 is 0 Å². The molecule has 0 aromatic rings. The van der Waals surface area contributed by atoms with Crippen molar-refractivity contribution in [3.63, 3.8) is 0 Å². The molecule has 2 unspecified atom stereocenters. The number of hydrogen-bond acceptors (Lipinski definition) is 4. The van der Waals surface area contributed by atoms with E-state index in [1.165, 1.54) is 0 Å². The van der Waals surface area contributed by atoms with Crippen LogP contribution in [0.1, 0.15) is 27.2 Å². The van der Waals surface area contributed by atoms with Crippen LogP contribution in [0.4, 0.5) is 0 Å². The molecule has 98 valence electrons. The van der Waals surface area contributed by atoms with Crippen LogP contribution in [0.5, 0.6) is 0 Å². The van der Waals surface area contributed by atoms with Crippen molar-refractivity contribution in [1.29, 1.82) is 0 Å². The molecule has 1 aliphatic rings. The van der Waals surface area contributed by atoms with Crippen molar-refractivity contribution in [1.82, 2.24) is 5.32 Å². The lowest BCUT2D eigenvalue weighted by atomic mass is 9.91. The summed E-state index contributed by atoms with van der Waals surface area (Å²) >= 11 is 0. The summed E-state index contributed by atoms with van der Waals surface area (Å²) in [5.41, 5.74) is 4.98. The van der Waals surface area contributed by atoms with E-state index in [1.54, 1.807) is 13.8 Å². The summed E-state index contributed by atoms with van der Waals surface area (Å²) < 4.78 is 5.34. The topological polar surface area (TPSA) is 96.9 Å². The van der Waals surface area contributed by atoms with Gasteiger partial charge in [0.25, 0.3) is 0 Å². The number of amidine groups is 1. The molecular weight excluding hydrogens is 222 g/mol. The van der Waals surface area contributed by atoms with Gasteiger partial charge in [0.2, 0.25) is 5.91 Å². The average Bonchev–Trinajstić information content (AvgIpc) is 2.71. The van der Waals surface area contributed by atoms with Crippen molar-refractivity contribution in [3.05, 3.63) is 0 Å². The molecule has 1 rings (SSSR count). The second-order valence-corrected chi connectivity index (χ2v) is 5.06. The molecule has 0 aromatic heterocycles. The fourth-order valence-corrected chi connectivity index (χ4v) is 1.74. The van der Waals surface area contributed by atoms with Gasteiger partial charge in [0.15, 0.2) is 0 Å². The smallest absolute Gasteiger partial charge is 0.225 e. The van der Waals surface area contributed by atoms with E-state index in [-0.39, 0.29) is 23.8 Å². The Labute approximate surface area is 101 Å². The molecule has 0 aliphatic carbocycles. The maximum absolute atomic E-state index is 11.9. The van der Waals surface area contributed by atoms with Gasteiger partial charge in [0.05, 0.1) is 12.0 Å². The van der Waals surface area contributed by atoms with Gasteiger partial charge in [-0.1, -0.05) is 19.0 Å². The van der Waals surface area contributed by atoms with E-state index >= 15 is 0 Å². The highest BCUT2D eigenvalue weighted by Gasteiger charge is 2.32. The van der Waals surface area contributed by atoms with E-state index in [9.17, 15) is 4.79 Å². The molecule has 4 N–H and O–H groups in total. The van der Waals surface area contributed by atoms with Gasteiger partial charge in [0, 0.05) is 18.6 Å². The molecule has 0 spiro atoms. The lowest BCUT2D eigenvalue weighted by Gasteiger charge is -2.24. The van der Waals surface area contributed by atoms with Crippen LogP contribution in [0.15, 0.2) is 5.16 Å². The molecule has 6 nitrogen and oxygen atoms in total. The summed E-state index contributed by atoms with van der Waals surface area (Å²) in [5, 5.41) is 14.4. The minimum atomic E-state index is -0.562. The minimum Gasteiger partial charge on any atom is -0.409 e. The Balaban J connectivity index is 2.48. The first kappa shape index (κ1) is 13.8. The predicted octanol–water partition coefficient (Wildman–Crippen LogP) is 0.300. The highest BCUT2D eigenvalue weighted by molar-refractivity contribution is 5.86. The van der Waals surface area contributed by atoms with Crippen LogP contribution < -0.4 is 11.1 Å². The van der Waals surface area contributed by atoms with Crippen molar-refractivity contribution in [3.8, 4) is 0 Å². The van der Waals surface area contributed by atoms with Gasteiger partial charge < -0.3 is 21.0 Å². The zero-order valence-electron chi connectivity index (χ0n) is 10.6. The number of ether oxygens (including phenoxy) is 1. The highest BCUT2D eigenvalue weighted by Crippen LogP contribution is 2.21. The van der Waals surface area contributed by atoms with E-state index in [1.807, 2.05) is 6.92 Å². The van der Waals surface area contributed by atoms with Gasteiger partial charge in [-0.2, -0.15) is 0 Å². The van der Waals surface area contributed by atoms with Gasteiger partial charge in [0.1, 0.15) is 5.84 Å². The molecule has 0 bridgehead atoms. The highest BCUT2D eigenvalue weighted by atomic mass is 16.5. The third kappa shape index (κ3) is 3.33. The quantitative estimate of drug-likeness (QED) is 0.286. The van der Waals surface area contributed by atoms with Gasteiger partial charge in [-0.05, 0) is 13.3 Å². The summed E-state index contributed by atoms with van der Waals surface area (Å²) in [6.45, 7) is 6.47. The predicted molar refractivity (Wildman–Crippen MR) is 63.7 cm³/mol. The second kappa shape index (κ2) is 5.35. The van der Waals surface area contributed by atoms with E-state index in [4.69, 9.17) is 15.7 Å². The SMILES string of the molecule is CC1OCCC1C(=O)NCC(C)(C)C(N)=NO. The van der Waals surface area contributed by atoms with Crippen molar-refractivity contribution >= 4 is 11.7 Å². The Kier molecular flexibility index (Phi) is 4.34. The second-order valence-electron chi connectivity index (χ2n) is 5.06. The van der Waals surface area contributed by atoms with Crippen LogP contribution in [-0.2, 0) is 9.53 Å². The number of oxime groups is 1. The normalized spacial score (nSPS) is 25.9. The first-order valence-electron chi connectivity index (χ1n) is 5.76. The van der Waals surface area contributed by atoms with Crippen molar-refractivity contribution in [2.45, 2.75) is 33.3 Å². The standard InChI is InChI=1S/C11H21N3O3/c1-7-8(4-5-17-7)9(15)13-6-11(2,3)10(12)14-16/h7-8,16H,4-6H2,1-3H3,(H2,12,14)(H,13,15). The van der Waals surface area contributed by atoms with Gasteiger partial charge in [-0.15, -0.1) is 0 Å². The maximum atomic E-state index is 11.9. The summed E-state index contributed by atoms with van der Waals surface area (Å²) in [6, 6.07) is 0. The van der Waals surface area contributed by atoms with Crippen LogP contribution in [0, 0.1) is 11.3 Å². The molecule has 0 saturated carbocycles. The first-order chi connectivity index (χ1) is 7.88. The summed E-state index contributed by atoms with van der Waals surface area (Å²) in [5.74, 6) is -0.0274. The van der Waals surface area contributed by atoms with E-state index < -0.39 is 5.41 Å². The Morgan fingerprint density at radius 1 is 1.65 bits per heavy atom. The molecule has 1 heterocycles. The largest absolute Gasteiger partial charge is 0.409 e. The molecule has 0 aromatic carbocycles. The van der Waals surface area contributed by atoms with Crippen molar-refractivity contribution < 1.29 is 14.7 Å². The molecule has 17 heavy (non-hydrogen) atoms. The van der Waals surface area contributed by atoms with E-state index in [2.05, 4.69) is 10.5 Å². The molecule has 1 fully saturated rings. The molecule has 6 heteroatoms. The number of nitrogens with zero attached hydrogens (tertiary/aromatic N) is 1. The maximum Gasteiger partial charge on any atom is 0.225 e. The van der Waals surface area contributed by atoms with E-state index in [0.29, 0.717) is 13.2 Å². The minimum absolute atomic E-state index is 0.0335. The van der Waals surface area contributed by atoms with Crippen LogP contribution in [0.2, 0.25) is 0 Å². The van der Waals surface area contributed by atoms with Crippen LogP contribution in [-0.4, -0.2) is 36.2 Å². The fraction of sp³-hybridized carbons (Fsp3) is 0.818. The number of nitrogens with two attached hydrogens (primary N) is 1. The zero-order valence-corrected chi connectivity index (χ0v) is 10.6. The lowest BCUT2D eigenvalue weighted by Crippen LogP contribution is -2.45. The van der Waals surface area contributed by atoms with Gasteiger partial charge in [-0.25, -0.2) is 0 Å². The molecule has 1 saturated heterocycles. The van der Waals surface area contributed by atoms with Crippen molar-refractivity contribution in [2.75, 3.05) is 13.2 Å². The van der Waals surface area contributed by atoms with Crippen LogP contribution in [0.25, 0.3) is 0 Å². The Morgan fingerprint density at radius 3 is 2.76 bits per heavy atom. The number of rotatable bonds is 4. The lowest BCUT2D eigenvalue weighted by molar-refractivity contribution is -0.126. The fourth-order valence-electron chi connectivity index (χ4n) is 1.74. The number of nitrogens with one attached hydrogen (secondary N) is 1. The van der Waals surface area contributed by atoms with Crippen LogP contribution in [0.3, 0.4) is 0 Å². The molecule has 1 aliphatic heterocycles. The summed E-state index contributed by atoms with van der Waals surface area (Å²) in [6.07, 6.45) is 0.707. The molecule has 0 radical (unpaired) electrons. The van der Waals surface area contributed by atoms with Gasteiger partial charge in [-0.3, -0.25) is 4.79 Å². The third-order valence-corrected chi connectivity index (χ3v) is 3.22. The monoisotopic (exact) mass is 243 g/mol. The summed E-state index contributed by atoms with van der Waals surface area (Å²) in [4.78, 5) is 11.9. The zero-order chi connectivity index (χ0) is 13.1. The Morgan fingerprint density at radius 2 is 2.29 bits per heavy atom. The number of carbonyl (C=O) groups excluding carboxylic acids is 1. The first-order valence-corrected chi connectivity index (χ1v) is 5.76. The molecule has 1 amide bonds. The molecular formula is C11H21N3O3. The average molecular weight is 243 g/mol. The third-order valence-electron chi connectivity index (χ3n) is 3.22. The molecule has 2 atom stereocenters. The Hall–Kier alpha value is -1.30. The number of carbonyl (C=O) groups is 1.